The van der Waals surface area contributed by atoms with Gasteiger partial charge in [-0.1, -0.05) is 18.2 Å². The Morgan fingerprint density at radius 2 is 1.79 bits per heavy atom. The van der Waals surface area contributed by atoms with E-state index in [9.17, 15) is 9.59 Å². The van der Waals surface area contributed by atoms with Crippen LogP contribution in [0, 0.1) is 27.7 Å². The third-order valence-corrected chi connectivity index (χ3v) is 4.51. The molecule has 0 spiro atoms. The molecule has 5 heteroatoms. The van der Waals surface area contributed by atoms with Crippen LogP contribution in [0.1, 0.15) is 61.8 Å². The topological polar surface area (TPSA) is 71.2 Å². The third kappa shape index (κ3) is 3.20. The van der Waals surface area contributed by atoms with Crippen LogP contribution < -0.4 is 5.32 Å². The molecule has 2 rings (SSSR count). The van der Waals surface area contributed by atoms with Gasteiger partial charge in [-0.15, -0.1) is 0 Å². The first-order chi connectivity index (χ1) is 11.3. The quantitative estimate of drug-likeness (QED) is 0.844. The van der Waals surface area contributed by atoms with Crippen LogP contribution in [-0.4, -0.2) is 24.0 Å². The first-order valence-corrected chi connectivity index (χ1v) is 7.92. The predicted octanol–water partition coefficient (Wildman–Crippen LogP) is 3.53. The number of benzene rings is 1. The number of ether oxygens (including phenoxy) is 1. The Morgan fingerprint density at radius 3 is 2.42 bits per heavy atom. The van der Waals surface area contributed by atoms with E-state index in [2.05, 4.69) is 23.3 Å². The van der Waals surface area contributed by atoms with Crippen molar-refractivity contribution in [3.05, 3.63) is 57.4 Å². The number of hydrogen-bond acceptors (Lipinski definition) is 3. The maximum Gasteiger partial charge on any atom is 0.339 e. The Balaban J connectivity index is 2.27. The van der Waals surface area contributed by atoms with Crippen molar-refractivity contribution in [1.29, 1.82) is 0 Å². The van der Waals surface area contributed by atoms with Gasteiger partial charge < -0.3 is 15.0 Å². The van der Waals surface area contributed by atoms with Crippen LogP contribution in [0.2, 0.25) is 0 Å². The summed E-state index contributed by atoms with van der Waals surface area (Å²) in [6, 6.07) is 5.91. The second-order valence-corrected chi connectivity index (χ2v) is 6.10. The molecule has 0 bridgehead atoms. The van der Waals surface area contributed by atoms with E-state index in [4.69, 9.17) is 4.74 Å². The molecule has 5 nitrogen and oxygen atoms in total. The molecule has 1 amide bonds. The highest BCUT2D eigenvalue weighted by molar-refractivity contribution is 6.00. The van der Waals surface area contributed by atoms with Crippen molar-refractivity contribution in [3.8, 4) is 0 Å². The summed E-state index contributed by atoms with van der Waals surface area (Å²) in [5, 5.41) is 3.00. The van der Waals surface area contributed by atoms with Crippen LogP contribution in [-0.2, 0) is 4.74 Å². The molecule has 1 aromatic heterocycles. The lowest BCUT2D eigenvalue weighted by Crippen LogP contribution is -2.28. The van der Waals surface area contributed by atoms with E-state index >= 15 is 0 Å². The molecule has 0 fully saturated rings. The van der Waals surface area contributed by atoms with E-state index in [1.165, 1.54) is 18.2 Å². The van der Waals surface area contributed by atoms with Gasteiger partial charge in [0.2, 0.25) is 0 Å². The number of nitrogens with one attached hydrogen (secondary N) is 2. The first-order valence-electron chi connectivity index (χ1n) is 7.92. The summed E-state index contributed by atoms with van der Waals surface area (Å²) in [4.78, 5) is 27.5. The first kappa shape index (κ1) is 17.8. The number of aromatic amines is 1. The minimum Gasteiger partial charge on any atom is -0.465 e. The van der Waals surface area contributed by atoms with Crippen molar-refractivity contribution >= 4 is 11.9 Å². The summed E-state index contributed by atoms with van der Waals surface area (Å²) in [7, 11) is 1.33. The third-order valence-electron chi connectivity index (χ3n) is 4.51. The SMILES string of the molecule is COC(=O)c1c(C)[nH]c(C(=O)NC(C)c2cccc(C)c2C)c1C. The van der Waals surface area contributed by atoms with Gasteiger partial charge in [-0.05, 0) is 56.9 Å². The maximum absolute atomic E-state index is 12.6. The Kier molecular flexibility index (Phi) is 5.12. The molecule has 2 aromatic rings. The molecule has 1 heterocycles. The van der Waals surface area contributed by atoms with E-state index in [1.54, 1.807) is 13.8 Å². The summed E-state index contributed by atoms with van der Waals surface area (Å²) in [5.74, 6) is -0.679. The highest BCUT2D eigenvalue weighted by Crippen LogP contribution is 2.22. The van der Waals surface area contributed by atoms with Gasteiger partial charge in [0.1, 0.15) is 5.69 Å². The number of carbonyl (C=O) groups is 2. The largest absolute Gasteiger partial charge is 0.465 e. The molecule has 128 valence electrons. The van der Waals surface area contributed by atoms with Crippen molar-refractivity contribution in [2.24, 2.45) is 0 Å². The van der Waals surface area contributed by atoms with Crippen molar-refractivity contribution in [2.75, 3.05) is 7.11 Å². The smallest absolute Gasteiger partial charge is 0.339 e. The highest BCUT2D eigenvalue weighted by atomic mass is 16.5. The minimum absolute atomic E-state index is 0.137. The summed E-state index contributed by atoms with van der Waals surface area (Å²) in [6.45, 7) is 9.55. The lowest BCUT2D eigenvalue weighted by atomic mass is 9.98. The number of esters is 1. The Morgan fingerprint density at radius 1 is 1.12 bits per heavy atom. The molecule has 0 saturated heterocycles. The zero-order chi connectivity index (χ0) is 18.0. The number of carbonyl (C=O) groups excluding carboxylic acids is 2. The van der Waals surface area contributed by atoms with Gasteiger partial charge in [0.15, 0.2) is 0 Å². The molecule has 1 aromatic carbocycles. The zero-order valence-electron chi connectivity index (χ0n) is 15.0. The van der Waals surface area contributed by atoms with E-state index in [0.29, 0.717) is 22.5 Å². The zero-order valence-corrected chi connectivity index (χ0v) is 15.0. The van der Waals surface area contributed by atoms with Crippen molar-refractivity contribution in [1.82, 2.24) is 10.3 Å². The van der Waals surface area contributed by atoms with E-state index < -0.39 is 5.97 Å². The van der Waals surface area contributed by atoms with E-state index in [0.717, 1.165) is 5.56 Å². The van der Waals surface area contributed by atoms with Gasteiger partial charge in [0.05, 0.1) is 18.7 Å². The van der Waals surface area contributed by atoms with Crippen molar-refractivity contribution in [3.63, 3.8) is 0 Å². The van der Waals surface area contributed by atoms with Gasteiger partial charge in [-0.3, -0.25) is 4.79 Å². The molecule has 2 N–H and O–H groups in total. The number of aromatic nitrogens is 1. The molecule has 0 aliphatic carbocycles. The second kappa shape index (κ2) is 6.91. The molecule has 1 unspecified atom stereocenters. The highest BCUT2D eigenvalue weighted by Gasteiger charge is 2.23. The van der Waals surface area contributed by atoms with Crippen molar-refractivity contribution < 1.29 is 14.3 Å². The lowest BCUT2D eigenvalue weighted by Gasteiger charge is -2.18. The van der Waals surface area contributed by atoms with Gasteiger partial charge >= 0.3 is 5.97 Å². The number of H-pyrrole nitrogens is 1. The van der Waals surface area contributed by atoms with Crippen LogP contribution >= 0.6 is 0 Å². The monoisotopic (exact) mass is 328 g/mol. The number of rotatable bonds is 4. The van der Waals surface area contributed by atoms with Gasteiger partial charge in [0, 0.05) is 5.69 Å². The van der Waals surface area contributed by atoms with Crippen LogP contribution in [0.25, 0.3) is 0 Å². The summed E-state index contributed by atoms with van der Waals surface area (Å²) in [5.41, 5.74) is 5.48. The fraction of sp³-hybridized carbons (Fsp3) is 0.368. The number of aryl methyl sites for hydroxylation is 2. The standard InChI is InChI=1S/C19H24N2O3/c1-10-8-7-9-15(11(10)2)13(4)21-18(22)17-12(3)16(14(5)20-17)19(23)24-6/h7-9,13,20H,1-6H3,(H,21,22). The average Bonchev–Trinajstić information content (AvgIpc) is 2.84. The molecule has 0 aliphatic heterocycles. The molecule has 24 heavy (non-hydrogen) atoms. The Labute approximate surface area is 142 Å². The fourth-order valence-electron chi connectivity index (χ4n) is 2.97. The normalized spacial score (nSPS) is 11.9. The average molecular weight is 328 g/mol. The Hall–Kier alpha value is -2.56. The molecule has 0 radical (unpaired) electrons. The van der Waals surface area contributed by atoms with Gasteiger partial charge in [0.25, 0.3) is 5.91 Å². The maximum atomic E-state index is 12.6. The number of methoxy groups -OCH3 is 1. The number of hydrogen-bond donors (Lipinski definition) is 2. The van der Waals surface area contributed by atoms with Gasteiger partial charge in [-0.2, -0.15) is 0 Å². The van der Waals surface area contributed by atoms with Crippen molar-refractivity contribution in [2.45, 2.75) is 40.7 Å². The summed E-state index contributed by atoms with van der Waals surface area (Å²) < 4.78 is 4.78. The molecule has 1 atom stereocenters. The fourth-order valence-corrected chi connectivity index (χ4v) is 2.97. The minimum atomic E-state index is -0.442. The molecular formula is C19H24N2O3. The van der Waals surface area contributed by atoms with E-state index in [-0.39, 0.29) is 11.9 Å². The Bertz CT molecular complexity index is 790. The van der Waals surface area contributed by atoms with Crippen LogP contribution in [0.4, 0.5) is 0 Å². The summed E-state index contributed by atoms with van der Waals surface area (Å²) >= 11 is 0. The molecule has 0 aliphatic rings. The molecular weight excluding hydrogens is 304 g/mol. The summed E-state index contributed by atoms with van der Waals surface area (Å²) in [6.07, 6.45) is 0. The lowest BCUT2D eigenvalue weighted by molar-refractivity contribution is 0.0599. The van der Waals surface area contributed by atoms with Gasteiger partial charge in [-0.25, -0.2) is 4.79 Å². The van der Waals surface area contributed by atoms with Crippen LogP contribution in [0.15, 0.2) is 18.2 Å². The molecule has 0 saturated carbocycles. The van der Waals surface area contributed by atoms with Crippen LogP contribution in [0.3, 0.4) is 0 Å². The predicted molar refractivity (Wildman–Crippen MR) is 93.4 cm³/mol. The second-order valence-electron chi connectivity index (χ2n) is 6.10. The number of amides is 1. The van der Waals surface area contributed by atoms with E-state index in [1.807, 2.05) is 26.0 Å². The van der Waals surface area contributed by atoms with Crippen LogP contribution in [0.5, 0.6) is 0 Å².